The van der Waals surface area contributed by atoms with E-state index in [0.29, 0.717) is 5.75 Å². The SMILES string of the molecule is O=C(O)c1cccc(Oc2cccc(-c3ccccn3)c2)n1. The number of aromatic carboxylic acids is 1. The molecule has 5 heteroatoms. The molecule has 0 aliphatic carbocycles. The fourth-order valence-electron chi connectivity index (χ4n) is 1.96. The fraction of sp³-hybridized carbons (Fsp3) is 0. The molecule has 108 valence electrons. The maximum Gasteiger partial charge on any atom is 0.354 e. The Kier molecular flexibility index (Phi) is 3.78. The zero-order chi connectivity index (χ0) is 15.4. The highest BCUT2D eigenvalue weighted by molar-refractivity contribution is 5.85. The zero-order valence-electron chi connectivity index (χ0n) is 11.5. The lowest BCUT2D eigenvalue weighted by Gasteiger charge is -2.07. The van der Waals surface area contributed by atoms with Crippen molar-refractivity contribution in [2.24, 2.45) is 0 Å². The van der Waals surface area contributed by atoms with E-state index in [-0.39, 0.29) is 11.6 Å². The van der Waals surface area contributed by atoms with Gasteiger partial charge in [-0.3, -0.25) is 4.98 Å². The van der Waals surface area contributed by atoms with Gasteiger partial charge in [-0.2, -0.15) is 0 Å². The molecule has 0 radical (unpaired) electrons. The van der Waals surface area contributed by atoms with E-state index in [1.165, 1.54) is 6.07 Å². The van der Waals surface area contributed by atoms with E-state index in [1.54, 1.807) is 24.4 Å². The molecule has 3 rings (SSSR count). The Hall–Kier alpha value is -3.21. The second-order valence-electron chi connectivity index (χ2n) is 4.51. The minimum absolute atomic E-state index is 0.0571. The van der Waals surface area contributed by atoms with Crippen molar-refractivity contribution in [2.45, 2.75) is 0 Å². The number of ether oxygens (including phenoxy) is 1. The maximum absolute atomic E-state index is 10.9. The Morgan fingerprint density at radius 2 is 1.86 bits per heavy atom. The molecular weight excluding hydrogens is 280 g/mol. The Bertz CT molecular complexity index is 804. The third-order valence-electron chi connectivity index (χ3n) is 2.96. The van der Waals surface area contributed by atoms with Crippen LogP contribution in [0.2, 0.25) is 0 Å². The molecule has 0 fully saturated rings. The quantitative estimate of drug-likeness (QED) is 0.795. The first kappa shape index (κ1) is 13.8. The molecule has 2 aromatic heterocycles. The molecule has 0 amide bonds. The van der Waals surface area contributed by atoms with Crippen molar-refractivity contribution in [3.63, 3.8) is 0 Å². The van der Waals surface area contributed by atoms with E-state index in [1.807, 2.05) is 36.4 Å². The third-order valence-corrected chi connectivity index (χ3v) is 2.96. The van der Waals surface area contributed by atoms with Gasteiger partial charge in [0.05, 0.1) is 5.69 Å². The first-order valence-electron chi connectivity index (χ1n) is 6.62. The van der Waals surface area contributed by atoms with Gasteiger partial charge in [-0.15, -0.1) is 0 Å². The smallest absolute Gasteiger partial charge is 0.354 e. The highest BCUT2D eigenvalue weighted by Gasteiger charge is 2.07. The summed E-state index contributed by atoms with van der Waals surface area (Å²) in [5, 5.41) is 8.94. The van der Waals surface area contributed by atoms with Crippen LogP contribution in [-0.2, 0) is 0 Å². The summed E-state index contributed by atoms with van der Waals surface area (Å²) in [6.07, 6.45) is 1.72. The molecule has 1 N–H and O–H groups in total. The van der Waals surface area contributed by atoms with Crippen molar-refractivity contribution in [3.05, 3.63) is 72.6 Å². The Labute approximate surface area is 126 Å². The molecule has 0 aliphatic rings. The van der Waals surface area contributed by atoms with Crippen LogP contribution in [0.5, 0.6) is 11.6 Å². The van der Waals surface area contributed by atoms with Gasteiger partial charge in [0.25, 0.3) is 0 Å². The molecule has 1 aromatic carbocycles. The minimum Gasteiger partial charge on any atom is -0.477 e. The zero-order valence-corrected chi connectivity index (χ0v) is 11.5. The van der Waals surface area contributed by atoms with E-state index < -0.39 is 5.97 Å². The average Bonchev–Trinajstić information content (AvgIpc) is 2.56. The van der Waals surface area contributed by atoms with Gasteiger partial charge in [0.2, 0.25) is 5.88 Å². The molecule has 0 atom stereocenters. The number of benzene rings is 1. The topological polar surface area (TPSA) is 72.3 Å². The first-order chi connectivity index (χ1) is 10.7. The van der Waals surface area contributed by atoms with Crippen LogP contribution in [0.3, 0.4) is 0 Å². The van der Waals surface area contributed by atoms with Crippen LogP contribution in [0.1, 0.15) is 10.5 Å². The number of carboxylic acids is 1. The number of pyridine rings is 2. The Morgan fingerprint density at radius 3 is 2.64 bits per heavy atom. The molecule has 0 saturated carbocycles. The van der Waals surface area contributed by atoms with E-state index in [4.69, 9.17) is 9.84 Å². The summed E-state index contributed by atoms with van der Waals surface area (Å²) >= 11 is 0. The lowest BCUT2D eigenvalue weighted by molar-refractivity contribution is 0.0689. The lowest BCUT2D eigenvalue weighted by atomic mass is 10.1. The van der Waals surface area contributed by atoms with Crippen molar-refractivity contribution in [3.8, 4) is 22.9 Å². The predicted octanol–water partition coefficient (Wildman–Crippen LogP) is 3.63. The van der Waals surface area contributed by atoms with Crippen LogP contribution in [0.15, 0.2) is 66.9 Å². The van der Waals surface area contributed by atoms with Crippen LogP contribution >= 0.6 is 0 Å². The summed E-state index contributed by atoms with van der Waals surface area (Å²) in [6.45, 7) is 0. The summed E-state index contributed by atoms with van der Waals surface area (Å²) in [5.41, 5.74) is 1.69. The van der Waals surface area contributed by atoms with Crippen molar-refractivity contribution in [1.29, 1.82) is 0 Å². The lowest BCUT2D eigenvalue weighted by Crippen LogP contribution is -2.00. The Balaban J connectivity index is 1.87. The van der Waals surface area contributed by atoms with Crippen molar-refractivity contribution in [1.82, 2.24) is 9.97 Å². The summed E-state index contributed by atoms with van der Waals surface area (Å²) in [6, 6.07) is 17.7. The molecule has 0 aliphatic heterocycles. The fourth-order valence-corrected chi connectivity index (χ4v) is 1.96. The molecule has 0 unspecified atom stereocenters. The van der Waals surface area contributed by atoms with Crippen molar-refractivity contribution in [2.75, 3.05) is 0 Å². The van der Waals surface area contributed by atoms with Crippen molar-refractivity contribution < 1.29 is 14.6 Å². The van der Waals surface area contributed by atoms with Gasteiger partial charge in [0, 0.05) is 17.8 Å². The second kappa shape index (κ2) is 6.05. The maximum atomic E-state index is 10.9. The van der Waals surface area contributed by atoms with Crippen LogP contribution in [0.25, 0.3) is 11.3 Å². The van der Waals surface area contributed by atoms with Crippen LogP contribution < -0.4 is 4.74 Å². The van der Waals surface area contributed by atoms with Gasteiger partial charge in [-0.25, -0.2) is 9.78 Å². The first-order valence-corrected chi connectivity index (χ1v) is 6.62. The highest BCUT2D eigenvalue weighted by atomic mass is 16.5. The van der Waals surface area contributed by atoms with E-state index in [0.717, 1.165) is 11.3 Å². The van der Waals surface area contributed by atoms with E-state index in [2.05, 4.69) is 9.97 Å². The monoisotopic (exact) mass is 292 g/mol. The Morgan fingerprint density at radius 1 is 1.00 bits per heavy atom. The van der Waals surface area contributed by atoms with Gasteiger partial charge >= 0.3 is 5.97 Å². The van der Waals surface area contributed by atoms with Gasteiger partial charge in [0.1, 0.15) is 5.75 Å². The minimum atomic E-state index is -1.09. The van der Waals surface area contributed by atoms with Gasteiger partial charge in [-0.1, -0.05) is 24.3 Å². The van der Waals surface area contributed by atoms with Crippen molar-refractivity contribution >= 4 is 5.97 Å². The normalized spacial score (nSPS) is 10.2. The van der Waals surface area contributed by atoms with Gasteiger partial charge in [0.15, 0.2) is 5.69 Å². The van der Waals surface area contributed by atoms with Crippen LogP contribution in [-0.4, -0.2) is 21.0 Å². The van der Waals surface area contributed by atoms with Gasteiger partial charge in [-0.05, 0) is 30.3 Å². The number of aromatic nitrogens is 2. The molecule has 0 saturated heterocycles. The van der Waals surface area contributed by atoms with E-state index >= 15 is 0 Å². The third kappa shape index (κ3) is 3.09. The summed E-state index contributed by atoms with van der Waals surface area (Å²) in [5.74, 6) is -0.288. The highest BCUT2D eigenvalue weighted by Crippen LogP contribution is 2.25. The standard InChI is InChI=1S/C17H12N2O3/c20-17(21)15-8-4-9-16(19-15)22-13-6-3-5-12(11-13)14-7-1-2-10-18-14/h1-11H,(H,20,21). The molecule has 0 spiro atoms. The summed E-state index contributed by atoms with van der Waals surface area (Å²) in [7, 11) is 0. The summed E-state index contributed by atoms with van der Waals surface area (Å²) < 4.78 is 5.63. The molecule has 2 heterocycles. The molecule has 0 bridgehead atoms. The van der Waals surface area contributed by atoms with E-state index in [9.17, 15) is 4.79 Å². The molecule has 5 nitrogen and oxygen atoms in total. The van der Waals surface area contributed by atoms with Gasteiger partial charge < -0.3 is 9.84 Å². The van der Waals surface area contributed by atoms with Crippen LogP contribution in [0.4, 0.5) is 0 Å². The predicted molar refractivity (Wildman–Crippen MR) is 80.9 cm³/mol. The number of hydrogen-bond acceptors (Lipinski definition) is 4. The summed E-state index contributed by atoms with van der Waals surface area (Å²) in [4.78, 5) is 19.1. The second-order valence-corrected chi connectivity index (χ2v) is 4.51. The number of carboxylic acid groups (broad SMARTS) is 1. The molecular formula is C17H12N2O3. The number of rotatable bonds is 4. The average molecular weight is 292 g/mol. The van der Waals surface area contributed by atoms with Crippen LogP contribution in [0, 0.1) is 0 Å². The number of hydrogen-bond donors (Lipinski definition) is 1. The molecule has 3 aromatic rings. The number of carbonyl (C=O) groups is 1. The molecule has 22 heavy (non-hydrogen) atoms. The number of nitrogens with zero attached hydrogens (tertiary/aromatic N) is 2. The largest absolute Gasteiger partial charge is 0.477 e.